The molecule has 0 unspecified atom stereocenters. The Labute approximate surface area is 131 Å². The zero-order valence-corrected chi connectivity index (χ0v) is 13.3. The first-order valence-electron chi connectivity index (χ1n) is 6.86. The lowest BCUT2D eigenvalue weighted by Crippen LogP contribution is -2.48. The molecule has 0 aromatic heterocycles. The zero-order valence-electron chi connectivity index (χ0n) is 11.7. The minimum atomic E-state index is -4.11. The number of hydrogen-bond acceptors (Lipinski definition) is 3. The largest absolute Gasteiger partial charge is 0.401 e. The third-order valence-electron chi connectivity index (χ3n) is 3.61. The van der Waals surface area contributed by atoms with Gasteiger partial charge in [0.25, 0.3) is 0 Å². The zero-order chi connectivity index (χ0) is 15.5. The molecule has 3 nitrogen and oxygen atoms in total. The molecule has 0 bridgehead atoms. The summed E-state index contributed by atoms with van der Waals surface area (Å²) in [5, 5.41) is 0. The molecule has 2 N–H and O–H groups in total. The highest BCUT2D eigenvalue weighted by molar-refractivity contribution is 9.10. The predicted molar refractivity (Wildman–Crippen MR) is 79.8 cm³/mol. The highest BCUT2D eigenvalue weighted by atomic mass is 79.9. The maximum absolute atomic E-state index is 12.3. The standard InChI is InChI=1S/C14H19BrF3N3/c15-13-7-11(8-19)1-2-12(13)9-20-3-5-21(6-4-20)10-14(16,17)18/h1-2,7H,3-6,8-10,19H2. The summed E-state index contributed by atoms with van der Waals surface area (Å²) >= 11 is 3.52. The van der Waals surface area contributed by atoms with E-state index in [0.717, 1.165) is 22.1 Å². The van der Waals surface area contributed by atoms with Gasteiger partial charge in [0.1, 0.15) is 0 Å². The molecule has 1 saturated heterocycles. The second-order valence-electron chi connectivity index (χ2n) is 5.30. The van der Waals surface area contributed by atoms with Crippen LogP contribution in [0.15, 0.2) is 22.7 Å². The predicted octanol–water partition coefficient (Wildman–Crippen LogP) is 2.59. The van der Waals surface area contributed by atoms with Crippen molar-refractivity contribution in [3.63, 3.8) is 0 Å². The van der Waals surface area contributed by atoms with E-state index in [4.69, 9.17) is 5.73 Å². The third kappa shape index (κ3) is 5.25. The summed E-state index contributed by atoms with van der Waals surface area (Å²) < 4.78 is 38.0. The molecule has 0 spiro atoms. The fraction of sp³-hybridized carbons (Fsp3) is 0.571. The second kappa shape index (κ2) is 7.09. The Balaban J connectivity index is 1.86. The lowest BCUT2D eigenvalue weighted by Gasteiger charge is -2.35. The Morgan fingerprint density at radius 2 is 1.71 bits per heavy atom. The van der Waals surface area contributed by atoms with Gasteiger partial charge in [-0.2, -0.15) is 13.2 Å². The number of nitrogens with two attached hydrogens (primary N) is 1. The number of halogens is 4. The van der Waals surface area contributed by atoms with Crippen molar-refractivity contribution in [1.82, 2.24) is 9.80 Å². The van der Waals surface area contributed by atoms with Crippen molar-refractivity contribution in [1.29, 1.82) is 0 Å². The summed E-state index contributed by atoms with van der Waals surface area (Å²) in [6.45, 7) is 2.65. The normalized spacial score (nSPS) is 18.1. The molecule has 21 heavy (non-hydrogen) atoms. The number of piperazine rings is 1. The summed E-state index contributed by atoms with van der Waals surface area (Å²) in [4.78, 5) is 3.64. The summed E-state index contributed by atoms with van der Waals surface area (Å²) in [6.07, 6.45) is -4.11. The van der Waals surface area contributed by atoms with Crippen molar-refractivity contribution in [3.8, 4) is 0 Å². The van der Waals surface area contributed by atoms with Crippen LogP contribution in [0.4, 0.5) is 13.2 Å². The van der Waals surface area contributed by atoms with Gasteiger partial charge in [0.2, 0.25) is 0 Å². The SMILES string of the molecule is NCc1ccc(CN2CCN(CC(F)(F)F)CC2)c(Br)c1. The molecule has 118 valence electrons. The third-order valence-corrected chi connectivity index (χ3v) is 4.35. The van der Waals surface area contributed by atoms with Crippen LogP contribution in [-0.4, -0.2) is 48.7 Å². The van der Waals surface area contributed by atoms with Gasteiger partial charge in [-0.05, 0) is 17.2 Å². The molecule has 0 radical (unpaired) electrons. The first kappa shape index (κ1) is 16.7. The number of nitrogens with zero attached hydrogens (tertiary/aromatic N) is 2. The molecule has 7 heteroatoms. The lowest BCUT2D eigenvalue weighted by atomic mass is 10.1. The first-order chi connectivity index (χ1) is 9.87. The fourth-order valence-corrected chi connectivity index (χ4v) is 3.00. The van der Waals surface area contributed by atoms with E-state index in [-0.39, 0.29) is 0 Å². The molecule has 1 aromatic carbocycles. The van der Waals surface area contributed by atoms with E-state index in [9.17, 15) is 13.2 Å². The topological polar surface area (TPSA) is 32.5 Å². The van der Waals surface area contributed by atoms with Crippen molar-refractivity contribution in [2.45, 2.75) is 19.3 Å². The van der Waals surface area contributed by atoms with Crippen LogP contribution in [0.5, 0.6) is 0 Å². The maximum atomic E-state index is 12.3. The number of rotatable bonds is 4. The lowest BCUT2D eigenvalue weighted by molar-refractivity contribution is -0.149. The summed E-state index contributed by atoms with van der Waals surface area (Å²) in [5.41, 5.74) is 7.78. The van der Waals surface area contributed by atoms with Gasteiger partial charge in [0.05, 0.1) is 6.54 Å². The van der Waals surface area contributed by atoms with Crippen LogP contribution in [0.2, 0.25) is 0 Å². The van der Waals surface area contributed by atoms with E-state index < -0.39 is 12.7 Å². The summed E-state index contributed by atoms with van der Waals surface area (Å²) in [6, 6.07) is 6.00. The molecule has 1 aliphatic rings. The minimum Gasteiger partial charge on any atom is -0.326 e. The quantitative estimate of drug-likeness (QED) is 0.889. The van der Waals surface area contributed by atoms with E-state index in [1.165, 1.54) is 4.90 Å². The molecule has 1 fully saturated rings. The van der Waals surface area contributed by atoms with Crippen molar-refractivity contribution in [2.24, 2.45) is 5.73 Å². The van der Waals surface area contributed by atoms with Crippen molar-refractivity contribution in [3.05, 3.63) is 33.8 Å². The number of alkyl halides is 3. The van der Waals surface area contributed by atoms with Crippen molar-refractivity contribution < 1.29 is 13.2 Å². The molecule has 1 aliphatic heterocycles. The Bertz CT molecular complexity index is 471. The van der Waals surface area contributed by atoms with Gasteiger partial charge in [0.15, 0.2) is 0 Å². The molecule has 1 aromatic rings. The number of hydrogen-bond donors (Lipinski definition) is 1. The van der Waals surface area contributed by atoms with E-state index in [1.807, 2.05) is 18.2 Å². The molecular formula is C14H19BrF3N3. The molecule has 1 heterocycles. The summed E-state index contributed by atoms with van der Waals surface area (Å²) in [5.74, 6) is 0. The van der Waals surface area contributed by atoms with Crippen LogP contribution >= 0.6 is 15.9 Å². The van der Waals surface area contributed by atoms with E-state index in [1.54, 1.807) is 0 Å². The fourth-order valence-electron chi connectivity index (χ4n) is 2.45. The molecule has 0 atom stereocenters. The Morgan fingerprint density at radius 3 is 2.24 bits per heavy atom. The van der Waals surface area contributed by atoms with Crippen LogP contribution < -0.4 is 5.73 Å². The van der Waals surface area contributed by atoms with E-state index >= 15 is 0 Å². The molecule has 0 amide bonds. The van der Waals surface area contributed by atoms with Crippen LogP contribution in [0, 0.1) is 0 Å². The smallest absolute Gasteiger partial charge is 0.326 e. The highest BCUT2D eigenvalue weighted by Gasteiger charge is 2.32. The second-order valence-corrected chi connectivity index (χ2v) is 6.15. The Hall–Kier alpha value is -0.630. The van der Waals surface area contributed by atoms with Crippen molar-refractivity contribution >= 4 is 15.9 Å². The van der Waals surface area contributed by atoms with E-state index in [0.29, 0.717) is 32.7 Å². The highest BCUT2D eigenvalue weighted by Crippen LogP contribution is 2.22. The average molecular weight is 366 g/mol. The van der Waals surface area contributed by atoms with Gasteiger partial charge in [0, 0.05) is 43.7 Å². The van der Waals surface area contributed by atoms with Gasteiger partial charge < -0.3 is 5.73 Å². The summed E-state index contributed by atoms with van der Waals surface area (Å²) in [7, 11) is 0. The van der Waals surface area contributed by atoms with Crippen LogP contribution in [0.3, 0.4) is 0 Å². The molecular weight excluding hydrogens is 347 g/mol. The minimum absolute atomic E-state index is 0.456. The molecule has 2 rings (SSSR count). The average Bonchev–Trinajstić information content (AvgIpc) is 2.41. The van der Waals surface area contributed by atoms with Crippen LogP contribution in [0.25, 0.3) is 0 Å². The Kier molecular flexibility index (Phi) is 5.65. The maximum Gasteiger partial charge on any atom is 0.401 e. The van der Waals surface area contributed by atoms with E-state index in [2.05, 4.69) is 20.8 Å². The first-order valence-corrected chi connectivity index (χ1v) is 7.65. The van der Waals surface area contributed by atoms with Gasteiger partial charge in [-0.15, -0.1) is 0 Å². The van der Waals surface area contributed by atoms with Crippen LogP contribution in [0.1, 0.15) is 11.1 Å². The monoisotopic (exact) mass is 365 g/mol. The van der Waals surface area contributed by atoms with Gasteiger partial charge in [-0.25, -0.2) is 0 Å². The van der Waals surface area contributed by atoms with Gasteiger partial charge in [-0.3, -0.25) is 9.80 Å². The molecule has 0 saturated carbocycles. The van der Waals surface area contributed by atoms with Crippen molar-refractivity contribution in [2.75, 3.05) is 32.7 Å². The van der Waals surface area contributed by atoms with Gasteiger partial charge >= 0.3 is 6.18 Å². The number of benzene rings is 1. The van der Waals surface area contributed by atoms with Gasteiger partial charge in [-0.1, -0.05) is 28.1 Å². The van der Waals surface area contributed by atoms with Crippen LogP contribution in [-0.2, 0) is 13.1 Å². The molecule has 0 aliphatic carbocycles. The Morgan fingerprint density at radius 1 is 1.10 bits per heavy atom.